The van der Waals surface area contributed by atoms with E-state index in [4.69, 9.17) is 0 Å². The van der Waals surface area contributed by atoms with E-state index in [0.717, 1.165) is 15.6 Å². The molecule has 94 valence electrons. The Hall–Kier alpha value is -2.76. The van der Waals surface area contributed by atoms with Crippen LogP contribution in [0, 0.1) is 0 Å². The second-order valence-electron chi connectivity index (χ2n) is 4.10. The minimum atomic E-state index is -0.479. The molecule has 1 aromatic carbocycles. The summed E-state index contributed by atoms with van der Waals surface area (Å²) in [6, 6.07) is 9.50. The van der Waals surface area contributed by atoms with Crippen LogP contribution in [0.5, 0.6) is 0 Å². The zero-order chi connectivity index (χ0) is 13.4. The van der Waals surface area contributed by atoms with Crippen molar-refractivity contribution in [1.82, 2.24) is 19.8 Å². The fraction of sp³-hybridized carbons (Fsp3) is 0.0769. The summed E-state index contributed by atoms with van der Waals surface area (Å²) in [6.45, 7) is 1.39. The van der Waals surface area contributed by atoms with Crippen molar-refractivity contribution in [1.29, 1.82) is 0 Å². The van der Waals surface area contributed by atoms with Gasteiger partial charge in [-0.3, -0.25) is 4.79 Å². The van der Waals surface area contributed by atoms with Crippen LogP contribution >= 0.6 is 0 Å². The predicted molar refractivity (Wildman–Crippen MR) is 69.4 cm³/mol. The van der Waals surface area contributed by atoms with Gasteiger partial charge in [0.2, 0.25) is 0 Å². The maximum atomic E-state index is 12.0. The number of fused-ring (bicyclic) bond motifs is 1. The number of rotatable bonds is 1. The van der Waals surface area contributed by atoms with Crippen LogP contribution in [0.2, 0.25) is 0 Å². The van der Waals surface area contributed by atoms with Gasteiger partial charge in [-0.25, -0.2) is 0 Å². The number of aliphatic hydroxyl groups is 1. The van der Waals surface area contributed by atoms with E-state index in [-0.39, 0.29) is 11.1 Å². The SMILES string of the molecule is CC(O)=c1nnc2c(-c3ccccc3)cnn2c1=O. The van der Waals surface area contributed by atoms with Crippen LogP contribution in [-0.4, -0.2) is 24.9 Å². The van der Waals surface area contributed by atoms with Gasteiger partial charge in [0.05, 0.1) is 6.20 Å². The van der Waals surface area contributed by atoms with Crippen LogP contribution in [0.15, 0.2) is 41.3 Å². The molecule has 3 rings (SSSR count). The van der Waals surface area contributed by atoms with Crippen LogP contribution in [0.3, 0.4) is 0 Å². The molecule has 2 aromatic heterocycles. The van der Waals surface area contributed by atoms with Gasteiger partial charge in [0.1, 0.15) is 5.76 Å². The molecule has 3 aromatic rings. The Morgan fingerprint density at radius 1 is 1.21 bits per heavy atom. The molecule has 19 heavy (non-hydrogen) atoms. The summed E-state index contributed by atoms with van der Waals surface area (Å²) >= 11 is 0. The van der Waals surface area contributed by atoms with Crippen molar-refractivity contribution < 1.29 is 5.11 Å². The van der Waals surface area contributed by atoms with Crippen molar-refractivity contribution in [3.63, 3.8) is 0 Å². The summed E-state index contributed by atoms with van der Waals surface area (Å²) in [7, 11) is 0. The van der Waals surface area contributed by atoms with Crippen LogP contribution < -0.4 is 10.9 Å². The van der Waals surface area contributed by atoms with Crippen LogP contribution in [0.1, 0.15) is 6.92 Å². The lowest BCUT2D eigenvalue weighted by atomic mass is 10.1. The quantitative estimate of drug-likeness (QED) is 0.686. The van der Waals surface area contributed by atoms with Crippen LogP contribution in [0.4, 0.5) is 0 Å². The molecule has 0 bridgehead atoms. The minimum absolute atomic E-state index is 0.0878. The summed E-state index contributed by atoms with van der Waals surface area (Å²) in [5.74, 6) is -0.170. The fourth-order valence-corrected chi connectivity index (χ4v) is 1.88. The molecule has 0 aliphatic rings. The highest BCUT2D eigenvalue weighted by Crippen LogP contribution is 2.20. The molecule has 6 nitrogen and oxygen atoms in total. The molecular formula is C13H10N4O2. The van der Waals surface area contributed by atoms with E-state index in [2.05, 4.69) is 15.3 Å². The van der Waals surface area contributed by atoms with Crippen molar-refractivity contribution in [3.8, 4) is 11.1 Å². The molecular weight excluding hydrogens is 244 g/mol. The van der Waals surface area contributed by atoms with Gasteiger partial charge in [-0.15, -0.1) is 10.2 Å². The van der Waals surface area contributed by atoms with E-state index in [1.165, 1.54) is 6.92 Å². The van der Waals surface area contributed by atoms with Crippen molar-refractivity contribution in [2.24, 2.45) is 0 Å². The molecule has 1 N–H and O–H groups in total. The van der Waals surface area contributed by atoms with E-state index in [1.807, 2.05) is 30.3 Å². The fourth-order valence-electron chi connectivity index (χ4n) is 1.88. The molecule has 6 heteroatoms. The van der Waals surface area contributed by atoms with E-state index >= 15 is 0 Å². The molecule has 0 saturated heterocycles. The second-order valence-corrected chi connectivity index (χ2v) is 4.10. The first-order valence-electron chi connectivity index (χ1n) is 5.68. The van der Waals surface area contributed by atoms with E-state index < -0.39 is 5.56 Å². The molecule has 0 spiro atoms. The normalized spacial score (nSPS) is 12.7. The molecule has 2 heterocycles. The first kappa shape index (κ1) is 11.3. The van der Waals surface area contributed by atoms with Gasteiger partial charge in [-0.05, 0) is 12.5 Å². The van der Waals surface area contributed by atoms with Gasteiger partial charge in [0.15, 0.2) is 11.0 Å². The van der Waals surface area contributed by atoms with Gasteiger partial charge in [0.25, 0.3) is 0 Å². The van der Waals surface area contributed by atoms with Crippen molar-refractivity contribution in [2.45, 2.75) is 6.92 Å². The third-order valence-electron chi connectivity index (χ3n) is 2.81. The first-order chi connectivity index (χ1) is 9.18. The maximum absolute atomic E-state index is 12.0. The standard InChI is InChI=1S/C13H10N4O2/c1-8(18)11-13(19)17-12(16-15-11)10(7-14-17)9-5-3-2-4-6-9/h2-7,18H,1H3. The molecule has 0 aliphatic heterocycles. The Labute approximate surface area is 107 Å². The molecule has 0 fully saturated rings. The van der Waals surface area contributed by atoms with Gasteiger partial charge >= 0.3 is 5.56 Å². The van der Waals surface area contributed by atoms with E-state index in [1.54, 1.807) is 6.20 Å². The summed E-state index contributed by atoms with van der Waals surface area (Å²) in [4.78, 5) is 12.0. The highest BCUT2D eigenvalue weighted by atomic mass is 16.3. The molecule has 0 aliphatic carbocycles. The second kappa shape index (κ2) is 4.16. The lowest BCUT2D eigenvalue weighted by Crippen LogP contribution is -2.36. The third-order valence-corrected chi connectivity index (χ3v) is 2.81. The van der Waals surface area contributed by atoms with E-state index in [9.17, 15) is 9.90 Å². The average molecular weight is 254 g/mol. The Bertz CT molecular complexity index is 851. The van der Waals surface area contributed by atoms with Crippen molar-refractivity contribution >= 4 is 11.4 Å². The monoisotopic (exact) mass is 254 g/mol. The number of nitrogens with zero attached hydrogens (tertiary/aromatic N) is 4. The molecule has 0 radical (unpaired) electrons. The minimum Gasteiger partial charge on any atom is -0.510 e. The maximum Gasteiger partial charge on any atom is 0.304 e. The van der Waals surface area contributed by atoms with Gasteiger partial charge in [-0.1, -0.05) is 30.3 Å². The highest BCUT2D eigenvalue weighted by Gasteiger charge is 2.11. The lowest BCUT2D eigenvalue weighted by molar-refractivity contribution is 0.493. The number of benzene rings is 1. The Kier molecular flexibility index (Phi) is 2.49. The number of hydrogen-bond donors (Lipinski definition) is 1. The molecule has 0 unspecified atom stereocenters. The smallest absolute Gasteiger partial charge is 0.304 e. The molecule has 0 amide bonds. The Balaban J connectivity index is 2.36. The summed E-state index contributed by atoms with van der Waals surface area (Å²) in [5.41, 5.74) is 1.53. The summed E-state index contributed by atoms with van der Waals surface area (Å²) < 4.78 is 1.14. The molecule has 0 saturated carbocycles. The largest absolute Gasteiger partial charge is 0.510 e. The number of hydrogen-bond acceptors (Lipinski definition) is 5. The van der Waals surface area contributed by atoms with Gasteiger partial charge in [0, 0.05) is 5.56 Å². The third kappa shape index (κ3) is 1.74. The first-order valence-corrected chi connectivity index (χ1v) is 5.68. The summed E-state index contributed by atoms with van der Waals surface area (Å²) in [6.07, 6.45) is 1.57. The van der Waals surface area contributed by atoms with Crippen molar-refractivity contribution in [3.05, 3.63) is 52.2 Å². The lowest BCUT2D eigenvalue weighted by Gasteiger charge is -1.97. The average Bonchev–Trinajstić information content (AvgIpc) is 2.84. The number of aliphatic hydroxyl groups excluding tert-OH is 1. The zero-order valence-corrected chi connectivity index (χ0v) is 10.1. The summed E-state index contributed by atoms with van der Waals surface area (Å²) in [5, 5.41) is 21.0. The molecule has 0 atom stereocenters. The van der Waals surface area contributed by atoms with E-state index in [0.29, 0.717) is 5.65 Å². The Morgan fingerprint density at radius 2 is 1.95 bits per heavy atom. The van der Waals surface area contributed by atoms with Gasteiger partial charge in [-0.2, -0.15) is 9.61 Å². The highest BCUT2D eigenvalue weighted by molar-refractivity contribution is 5.76. The zero-order valence-electron chi connectivity index (χ0n) is 10.1. The van der Waals surface area contributed by atoms with Gasteiger partial charge < -0.3 is 5.11 Å². The Morgan fingerprint density at radius 3 is 2.63 bits per heavy atom. The van der Waals surface area contributed by atoms with Crippen LogP contribution in [0.25, 0.3) is 22.5 Å². The predicted octanol–water partition coefficient (Wildman–Crippen LogP) is 0.556. The topological polar surface area (TPSA) is 80.4 Å². The van der Waals surface area contributed by atoms with Crippen LogP contribution in [-0.2, 0) is 0 Å². The number of aromatic nitrogens is 4. The van der Waals surface area contributed by atoms with Crippen molar-refractivity contribution in [2.75, 3.05) is 0 Å².